The first-order valence-corrected chi connectivity index (χ1v) is 13.6. The predicted molar refractivity (Wildman–Crippen MR) is 163 cm³/mol. The fraction of sp³-hybridized carbons (Fsp3) is 0.0606. The molecular weight excluding hydrogens is 526 g/mol. The first-order valence-electron chi connectivity index (χ1n) is 13.6. The van der Waals surface area contributed by atoms with E-state index in [0.29, 0.717) is 40.1 Å². The second-order valence-corrected chi connectivity index (χ2v) is 9.93. The lowest BCUT2D eigenvalue weighted by molar-refractivity contribution is 0.0814. The van der Waals surface area contributed by atoms with E-state index in [0.717, 1.165) is 21.9 Å². The maximum atomic E-state index is 14.1. The molecule has 3 N–H and O–H groups in total. The normalized spacial score (nSPS) is 11.2. The number of benzene rings is 4. The van der Waals surface area contributed by atoms with Crippen LogP contribution >= 0.6 is 0 Å². The van der Waals surface area contributed by atoms with E-state index in [-0.39, 0.29) is 12.5 Å². The van der Waals surface area contributed by atoms with E-state index in [4.69, 9.17) is 4.98 Å². The molecule has 42 heavy (non-hydrogen) atoms. The molecule has 0 aliphatic rings. The minimum atomic E-state index is -0.584. The molecule has 3 aromatic heterocycles. The van der Waals surface area contributed by atoms with E-state index < -0.39 is 11.9 Å². The van der Waals surface area contributed by atoms with Crippen LogP contribution in [0, 0.1) is 0 Å². The lowest BCUT2D eigenvalue weighted by Gasteiger charge is -2.21. The van der Waals surface area contributed by atoms with Crippen LogP contribution in [-0.4, -0.2) is 48.3 Å². The van der Waals surface area contributed by atoms with Gasteiger partial charge in [-0.05, 0) is 47.7 Å². The van der Waals surface area contributed by atoms with Crippen molar-refractivity contribution < 1.29 is 9.59 Å². The number of hydrogen-bond acceptors (Lipinski definition) is 5. The van der Waals surface area contributed by atoms with Crippen LogP contribution in [0.3, 0.4) is 0 Å². The van der Waals surface area contributed by atoms with E-state index in [1.165, 1.54) is 4.90 Å². The highest BCUT2D eigenvalue weighted by atomic mass is 16.2. The third-order valence-electron chi connectivity index (χ3n) is 7.19. The summed E-state index contributed by atoms with van der Waals surface area (Å²) in [6.07, 6.45) is 2.29. The zero-order valence-electron chi connectivity index (χ0n) is 22.4. The Bertz CT molecular complexity index is 2050. The van der Waals surface area contributed by atoms with Crippen molar-refractivity contribution >= 4 is 50.7 Å². The Morgan fingerprint density at radius 3 is 2.38 bits per heavy atom. The third-order valence-corrected chi connectivity index (χ3v) is 7.19. The molecule has 7 rings (SSSR count). The number of H-pyrrole nitrogens is 2. The number of nitrogens with one attached hydrogen (secondary N) is 3. The maximum absolute atomic E-state index is 14.1. The molecule has 0 aliphatic carbocycles. The minimum Gasteiger partial charge on any atom is -0.337 e. The van der Waals surface area contributed by atoms with Gasteiger partial charge in [-0.1, -0.05) is 72.8 Å². The van der Waals surface area contributed by atoms with E-state index in [9.17, 15) is 9.59 Å². The van der Waals surface area contributed by atoms with Gasteiger partial charge >= 0.3 is 6.03 Å². The fourth-order valence-corrected chi connectivity index (χ4v) is 5.05. The lowest BCUT2D eigenvalue weighted by Crippen LogP contribution is -2.41. The molecule has 0 atom stereocenters. The first-order chi connectivity index (χ1) is 20.6. The molecule has 7 aromatic rings. The molecule has 3 heterocycles. The number of anilines is 1. The second-order valence-electron chi connectivity index (χ2n) is 9.93. The molecule has 3 amide bonds. The van der Waals surface area contributed by atoms with Crippen LogP contribution in [-0.2, 0) is 6.42 Å². The van der Waals surface area contributed by atoms with Crippen molar-refractivity contribution in [3.63, 3.8) is 0 Å². The Balaban J connectivity index is 1.23. The Morgan fingerprint density at radius 2 is 1.52 bits per heavy atom. The van der Waals surface area contributed by atoms with Crippen LogP contribution < -0.4 is 5.32 Å². The lowest BCUT2D eigenvalue weighted by atomic mass is 10.1. The molecule has 9 heteroatoms. The van der Waals surface area contributed by atoms with Gasteiger partial charge in [0.15, 0.2) is 5.82 Å². The molecule has 0 aliphatic heterocycles. The number of amides is 3. The standard InChI is InChI=1S/C33H25N7O2/c41-31(24-13-8-16-27-29(24)38-30(35-27)28-19-22-11-4-5-12-23(22)20-34-28)40(18-17-21-9-2-1-3-10-21)33(42)39-32-36-25-14-6-7-15-26(25)37-32/h1-16,19-20H,17-18H2,(H,35,38)(H2,36,37,39,42). The number of rotatable bonds is 6. The van der Waals surface area contributed by atoms with Crippen LogP contribution in [0.25, 0.3) is 44.4 Å². The molecule has 0 saturated heterocycles. The summed E-state index contributed by atoms with van der Waals surface area (Å²) in [5.41, 5.74) is 4.61. The van der Waals surface area contributed by atoms with Crippen molar-refractivity contribution in [1.29, 1.82) is 0 Å². The number of imide groups is 1. The molecule has 4 aromatic carbocycles. The van der Waals surface area contributed by atoms with Crippen LogP contribution in [0.5, 0.6) is 0 Å². The summed E-state index contributed by atoms with van der Waals surface area (Å²) in [6.45, 7) is 0.162. The number of para-hydroxylation sites is 3. The predicted octanol–water partition coefficient (Wildman–Crippen LogP) is 6.57. The quantitative estimate of drug-likeness (QED) is 0.216. The number of aromatic amines is 2. The van der Waals surface area contributed by atoms with Crippen molar-refractivity contribution in [2.75, 3.05) is 11.9 Å². The smallest absolute Gasteiger partial charge is 0.331 e. The largest absolute Gasteiger partial charge is 0.337 e. The van der Waals surface area contributed by atoms with Crippen molar-refractivity contribution in [2.24, 2.45) is 0 Å². The van der Waals surface area contributed by atoms with E-state index >= 15 is 0 Å². The second kappa shape index (κ2) is 10.6. The molecule has 204 valence electrons. The van der Waals surface area contributed by atoms with E-state index in [1.807, 2.05) is 91.0 Å². The van der Waals surface area contributed by atoms with Gasteiger partial charge in [0.05, 0.1) is 22.1 Å². The summed E-state index contributed by atoms with van der Waals surface area (Å²) in [6, 6.07) is 31.9. The molecule has 0 bridgehead atoms. The number of imidazole rings is 2. The van der Waals surface area contributed by atoms with Gasteiger partial charge in [0.1, 0.15) is 11.2 Å². The highest BCUT2D eigenvalue weighted by molar-refractivity contribution is 6.13. The monoisotopic (exact) mass is 551 g/mol. The van der Waals surface area contributed by atoms with Gasteiger partial charge in [0.2, 0.25) is 5.95 Å². The number of fused-ring (bicyclic) bond motifs is 3. The Hall–Kier alpha value is -5.83. The van der Waals surface area contributed by atoms with E-state index in [1.54, 1.807) is 18.3 Å². The molecule has 0 spiro atoms. The van der Waals surface area contributed by atoms with E-state index in [2.05, 4.69) is 25.3 Å². The number of pyridine rings is 1. The number of carbonyl (C=O) groups excluding carboxylic acids is 2. The van der Waals surface area contributed by atoms with Gasteiger partial charge in [-0.2, -0.15) is 0 Å². The SMILES string of the molecule is O=C(Nc1nc2ccccc2[nH]1)N(CCc1ccccc1)C(=O)c1cccc2[nH]c(-c3cc4ccccc4cn3)nc12. The average molecular weight is 552 g/mol. The molecule has 0 radical (unpaired) electrons. The van der Waals surface area contributed by atoms with Gasteiger partial charge in [-0.3, -0.25) is 20.0 Å². The maximum Gasteiger partial charge on any atom is 0.331 e. The Labute approximate surface area is 240 Å². The van der Waals surface area contributed by atoms with Gasteiger partial charge in [-0.15, -0.1) is 0 Å². The summed E-state index contributed by atoms with van der Waals surface area (Å²) in [4.78, 5) is 49.1. The van der Waals surface area contributed by atoms with Crippen molar-refractivity contribution in [3.8, 4) is 11.5 Å². The number of nitrogens with zero attached hydrogens (tertiary/aromatic N) is 4. The Kier molecular flexibility index (Phi) is 6.36. The zero-order chi connectivity index (χ0) is 28.5. The van der Waals surface area contributed by atoms with Gasteiger partial charge < -0.3 is 9.97 Å². The molecule has 0 fully saturated rings. The summed E-state index contributed by atoms with van der Waals surface area (Å²) >= 11 is 0. The Morgan fingerprint density at radius 1 is 0.762 bits per heavy atom. The summed E-state index contributed by atoms with van der Waals surface area (Å²) in [7, 11) is 0. The number of aromatic nitrogens is 5. The molecular formula is C33H25N7O2. The number of carbonyl (C=O) groups is 2. The summed E-state index contributed by atoms with van der Waals surface area (Å²) in [5, 5.41) is 4.84. The van der Waals surface area contributed by atoms with Gasteiger partial charge in [0, 0.05) is 18.1 Å². The summed E-state index contributed by atoms with van der Waals surface area (Å²) < 4.78 is 0. The summed E-state index contributed by atoms with van der Waals surface area (Å²) in [5.74, 6) is 0.342. The third kappa shape index (κ3) is 4.84. The minimum absolute atomic E-state index is 0.162. The number of urea groups is 1. The first kappa shape index (κ1) is 25.2. The van der Waals surface area contributed by atoms with Gasteiger partial charge in [-0.25, -0.2) is 14.8 Å². The van der Waals surface area contributed by atoms with Crippen LogP contribution in [0.1, 0.15) is 15.9 Å². The van der Waals surface area contributed by atoms with Crippen molar-refractivity contribution in [3.05, 3.63) is 120 Å². The van der Waals surface area contributed by atoms with Crippen molar-refractivity contribution in [1.82, 2.24) is 29.8 Å². The van der Waals surface area contributed by atoms with Crippen LogP contribution in [0.15, 0.2) is 109 Å². The average Bonchev–Trinajstić information content (AvgIpc) is 3.65. The topological polar surface area (TPSA) is 120 Å². The molecule has 0 unspecified atom stereocenters. The van der Waals surface area contributed by atoms with Crippen molar-refractivity contribution in [2.45, 2.75) is 6.42 Å². The van der Waals surface area contributed by atoms with Crippen LogP contribution in [0.2, 0.25) is 0 Å². The van der Waals surface area contributed by atoms with Crippen LogP contribution in [0.4, 0.5) is 10.7 Å². The number of hydrogen-bond donors (Lipinski definition) is 3. The van der Waals surface area contributed by atoms with Gasteiger partial charge in [0.25, 0.3) is 5.91 Å². The molecule has 0 saturated carbocycles. The highest BCUT2D eigenvalue weighted by Gasteiger charge is 2.26. The zero-order valence-corrected chi connectivity index (χ0v) is 22.4. The highest BCUT2D eigenvalue weighted by Crippen LogP contribution is 2.25. The molecule has 9 nitrogen and oxygen atoms in total. The fourth-order valence-electron chi connectivity index (χ4n) is 5.05.